The molecule has 1 saturated heterocycles. The third-order valence-corrected chi connectivity index (χ3v) is 7.92. The molecule has 5 rings (SSSR count). The summed E-state index contributed by atoms with van der Waals surface area (Å²) in [6, 6.07) is 7.06. The van der Waals surface area contributed by atoms with Crippen LogP contribution in [0.1, 0.15) is 57.8 Å². The van der Waals surface area contributed by atoms with E-state index in [4.69, 9.17) is 4.74 Å². The number of hydrogen-bond acceptors (Lipinski definition) is 9. The molecule has 1 unspecified atom stereocenters. The van der Waals surface area contributed by atoms with Gasteiger partial charge in [0.1, 0.15) is 11.3 Å². The summed E-state index contributed by atoms with van der Waals surface area (Å²) >= 11 is 0.993. The Morgan fingerprint density at radius 3 is 2.54 bits per heavy atom. The van der Waals surface area contributed by atoms with Crippen LogP contribution in [-0.2, 0) is 9.59 Å². The number of aromatic nitrogens is 3. The number of rotatable bonds is 6. The number of Topliss-reactive ketones (excluding diaryl/α,β-unsaturated/α-hetero) is 2. The number of benzene rings is 1. The van der Waals surface area contributed by atoms with Crippen LogP contribution in [0.25, 0.3) is 11.4 Å². The molecule has 0 radical (unpaired) electrons. The van der Waals surface area contributed by atoms with Crippen LogP contribution in [0.15, 0.2) is 42.1 Å². The average Bonchev–Trinajstić information content (AvgIpc) is 3.53. The van der Waals surface area contributed by atoms with Crippen molar-refractivity contribution in [2.75, 3.05) is 11.5 Å². The maximum absolute atomic E-state index is 13.6. The minimum Gasteiger partial charge on any atom is -0.505 e. The molecule has 1 fully saturated rings. The predicted octanol–water partition coefficient (Wildman–Crippen LogP) is 4.65. The number of fused-ring (bicyclic) bond motifs is 1. The molecule has 1 atom stereocenters. The lowest BCUT2D eigenvalue weighted by Crippen LogP contribution is -2.29. The number of phenolic OH excluding ortho intramolecular Hbond substituents is 1. The fraction of sp³-hybridized carbons (Fsp3) is 0.250. The molecule has 0 aliphatic carbocycles. The summed E-state index contributed by atoms with van der Waals surface area (Å²) in [6.45, 7) is 8.72. The molecule has 3 aromatic heterocycles. The molecule has 1 aliphatic rings. The Balaban J connectivity index is 1.78. The van der Waals surface area contributed by atoms with E-state index >= 15 is 0 Å². The quantitative estimate of drug-likeness (QED) is 0.154. The van der Waals surface area contributed by atoms with E-state index in [-0.39, 0.29) is 40.3 Å². The van der Waals surface area contributed by atoms with Crippen molar-refractivity contribution < 1.29 is 29.3 Å². The van der Waals surface area contributed by atoms with Crippen LogP contribution in [0.2, 0.25) is 0 Å². The van der Waals surface area contributed by atoms with Crippen molar-refractivity contribution in [3.63, 3.8) is 0 Å². The second-order valence-corrected chi connectivity index (χ2v) is 10.2. The van der Waals surface area contributed by atoms with Gasteiger partial charge in [0, 0.05) is 13.1 Å². The lowest BCUT2D eigenvalue weighted by molar-refractivity contribution is -0.132. The highest BCUT2D eigenvalue weighted by atomic mass is 32.1. The van der Waals surface area contributed by atoms with Gasteiger partial charge in [-0.15, -0.1) is 0 Å². The van der Waals surface area contributed by atoms with Crippen molar-refractivity contribution in [3.8, 4) is 11.5 Å². The number of imidazole rings is 1. The molecule has 4 aromatic rings. The van der Waals surface area contributed by atoms with E-state index in [2.05, 4.69) is 9.97 Å². The molecule has 11 heteroatoms. The van der Waals surface area contributed by atoms with Gasteiger partial charge in [0.25, 0.3) is 5.78 Å². The Hall–Kier alpha value is -4.51. The summed E-state index contributed by atoms with van der Waals surface area (Å²) in [7, 11) is 0. The minimum absolute atomic E-state index is 0.117. The van der Waals surface area contributed by atoms with Crippen LogP contribution in [0.5, 0.6) is 11.5 Å². The topological polar surface area (TPSA) is 134 Å². The van der Waals surface area contributed by atoms with Crippen LogP contribution in [0, 0.1) is 20.8 Å². The molecule has 0 spiro atoms. The maximum Gasteiger partial charge on any atom is 0.301 e. The number of aromatic hydroxyl groups is 1. The number of anilines is 1. The van der Waals surface area contributed by atoms with Crippen molar-refractivity contribution in [3.05, 3.63) is 75.2 Å². The number of thiazole rings is 1. The summed E-state index contributed by atoms with van der Waals surface area (Å²) in [6.07, 6.45) is 1.80. The fourth-order valence-corrected chi connectivity index (χ4v) is 5.79. The fourth-order valence-electron chi connectivity index (χ4n) is 4.80. The monoisotopic (exact) mass is 546 g/mol. The molecule has 1 aromatic carbocycles. The number of phenols is 1. The Bertz CT molecular complexity index is 1720. The van der Waals surface area contributed by atoms with Crippen LogP contribution in [0.4, 0.5) is 5.13 Å². The van der Waals surface area contributed by atoms with Gasteiger partial charge in [0.15, 0.2) is 28.2 Å². The van der Waals surface area contributed by atoms with E-state index in [0.29, 0.717) is 27.5 Å². The summed E-state index contributed by atoms with van der Waals surface area (Å²) in [5, 5.41) is 22.0. The van der Waals surface area contributed by atoms with Gasteiger partial charge in [-0.1, -0.05) is 23.5 Å². The molecule has 1 amide bonds. The van der Waals surface area contributed by atoms with E-state index in [9.17, 15) is 24.6 Å². The van der Waals surface area contributed by atoms with Gasteiger partial charge in [-0.05, 0) is 57.0 Å². The summed E-state index contributed by atoms with van der Waals surface area (Å²) in [4.78, 5) is 49.8. The number of carbonyl (C=O) groups excluding carboxylic acids is 3. The predicted molar refractivity (Wildman–Crippen MR) is 146 cm³/mol. The van der Waals surface area contributed by atoms with Crippen LogP contribution in [-0.4, -0.2) is 48.7 Å². The van der Waals surface area contributed by atoms with Crippen LogP contribution >= 0.6 is 11.3 Å². The number of pyridine rings is 1. The van der Waals surface area contributed by atoms with Crippen molar-refractivity contribution in [2.45, 2.75) is 40.7 Å². The second-order valence-electron chi connectivity index (χ2n) is 9.23. The first kappa shape index (κ1) is 26.1. The Morgan fingerprint density at radius 2 is 1.90 bits per heavy atom. The highest BCUT2D eigenvalue weighted by Crippen LogP contribution is 2.45. The zero-order valence-corrected chi connectivity index (χ0v) is 22.8. The molecule has 0 saturated carbocycles. The lowest BCUT2D eigenvalue weighted by atomic mass is 9.96. The minimum atomic E-state index is -1.12. The van der Waals surface area contributed by atoms with E-state index in [1.807, 2.05) is 19.1 Å². The van der Waals surface area contributed by atoms with Gasteiger partial charge in [0.2, 0.25) is 0 Å². The largest absolute Gasteiger partial charge is 0.505 e. The number of carbonyl (C=O) groups is 3. The lowest BCUT2D eigenvalue weighted by Gasteiger charge is -2.23. The van der Waals surface area contributed by atoms with Gasteiger partial charge in [-0.2, -0.15) is 0 Å². The van der Waals surface area contributed by atoms with Gasteiger partial charge in [-0.3, -0.25) is 19.3 Å². The number of ketones is 2. The van der Waals surface area contributed by atoms with Gasteiger partial charge < -0.3 is 19.4 Å². The highest BCUT2D eigenvalue weighted by Gasteiger charge is 2.49. The smallest absolute Gasteiger partial charge is 0.301 e. The van der Waals surface area contributed by atoms with Crippen molar-refractivity contribution >= 4 is 45.3 Å². The van der Waals surface area contributed by atoms with Crippen LogP contribution in [0.3, 0.4) is 0 Å². The normalized spacial score (nSPS) is 16.8. The number of aryl methyl sites for hydroxylation is 3. The number of nitrogens with zero attached hydrogens (tertiary/aromatic N) is 4. The highest BCUT2D eigenvalue weighted by molar-refractivity contribution is 7.18. The number of hydrogen-bond donors (Lipinski definition) is 2. The zero-order chi connectivity index (χ0) is 28.2. The number of aliphatic hydroxyl groups is 1. The van der Waals surface area contributed by atoms with E-state index in [0.717, 1.165) is 16.9 Å². The maximum atomic E-state index is 13.6. The van der Waals surface area contributed by atoms with E-state index < -0.39 is 23.5 Å². The molecule has 0 bridgehead atoms. The first-order chi connectivity index (χ1) is 18.5. The Labute approximate surface area is 227 Å². The number of aliphatic hydroxyl groups excluding tert-OH is 1. The van der Waals surface area contributed by atoms with Gasteiger partial charge in [0.05, 0.1) is 34.5 Å². The van der Waals surface area contributed by atoms with Crippen molar-refractivity contribution in [1.29, 1.82) is 0 Å². The third-order valence-electron chi connectivity index (χ3n) is 6.66. The Morgan fingerprint density at radius 1 is 1.15 bits per heavy atom. The van der Waals surface area contributed by atoms with E-state index in [1.165, 1.54) is 24.0 Å². The number of amides is 1. The zero-order valence-electron chi connectivity index (χ0n) is 22.0. The molecular weight excluding hydrogens is 520 g/mol. The van der Waals surface area contributed by atoms with Gasteiger partial charge >= 0.3 is 5.91 Å². The summed E-state index contributed by atoms with van der Waals surface area (Å²) in [5.74, 6) is -2.45. The molecule has 4 heterocycles. The first-order valence-corrected chi connectivity index (χ1v) is 13.1. The number of ether oxygens (including phenoxy) is 1. The van der Waals surface area contributed by atoms with Crippen LogP contribution < -0.4 is 9.64 Å². The molecule has 2 N–H and O–H groups in total. The average molecular weight is 547 g/mol. The first-order valence-electron chi connectivity index (χ1n) is 12.2. The summed E-state index contributed by atoms with van der Waals surface area (Å²) in [5.41, 5.74) is 2.85. The SMILES string of the molecule is CCOc1cc(C2/C(=C(\O)c3nc4c(C)cccn4c3C)C(=O)C(=O)N2c2nc(C)c(C(C)=O)s2)ccc1O. The molecule has 39 heavy (non-hydrogen) atoms. The molecule has 1 aliphatic heterocycles. The molecule has 10 nitrogen and oxygen atoms in total. The van der Waals surface area contributed by atoms with Gasteiger partial charge in [-0.25, -0.2) is 9.97 Å². The molecule has 200 valence electrons. The Kier molecular flexibility index (Phi) is 6.47. The van der Waals surface area contributed by atoms with E-state index in [1.54, 1.807) is 37.4 Å². The molecular formula is C28H26N4O6S. The second kappa shape index (κ2) is 9.66. The summed E-state index contributed by atoms with van der Waals surface area (Å²) < 4.78 is 7.35. The standard InChI is InChI=1S/C28H26N4O6S/c1-6-38-19-12-17(9-10-18(19)34)22-20(23(35)21-15(4)31-11-7-8-13(2)26(31)30-21)24(36)27(37)32(22)28-29-14(3)25(39-28)16(5)33/h7-12,22,34-35H,6H2,1-5H3/b23-20+. The van der Waals surface area contributed by atoms with Crippen molar-refractivity contribution in [1.82, 2.24) is 14.4 Å². The third kappa shape index (κ3) is 4.15. The van der Waals surface area contributed by atoms with Crippen molar-refractivity contribution in [2.24, 2.45) is 0 Å².